The molecule has 1 aromatic heterocycles. The Labute approximate surface area is 265 Å². The summed E-state index contributed by atoms with van der Waals surface area (Å²) in [5.74, 6) is 0.517. The molecular formula is C35H43N7O3. The van der Waals surface area contributed by atoms with Crippen LogP contribution in [-0.4, -0.2) is 87.6 Å². The van der Waals surface area contributed by atoms with Crippen LogP contribution in [0.4, 0.5) is 16.4 Å². The van der Waals surface area contributed by atoms with E-state index in [1.807, 2.05) is 43.5 Å². The van der Waals surface area contributed by atoms with Crippen molar-refractivity contribution in [2.75, 3.05) is 38.2 Å². The highest BCUT2D eigenvalue weighted by atomic mass is 16.5. The predicted octanol–water partition coefficient (Wildman–Crippen LogP) is 5.04. The summed E-state index contributed by atoms with van der Waals surface area (Å²) >= 11 is 0. The summed E-state index contributed by atoms with van der Waals surface area (Å²) in [5.41, 5.74) is 4.77. The van der Waals surface area contributed by atoms with Gasteiger partial charge in [0.25, 0.3) is 5.91 Å². The van der Waals surface area contributed by atoms with Gasteiger partial charge in [0.05, 0.1) is 6.04 Å². The molecule has 3 amide bonds. The van der Waals surface area contributed by atoms with E-state index in [1.165, 1.54) is 5.56 Å². The number of ether oxygens (including phenoxy) is 1. The summed E-state index contributed by atoms with van der Waals surface area (Å²) in [5, 5.41) is 6.28. The van der Waals surface area contributed by atoms with E-state index in [1.54, 1.807) is 0 Å². The normalized spacial score (nSPS) is 21.7. The summed E-state index contributed by atoms with van der Waals surface area (Å²) < 4.78 is 5.59. The van der Waals surface area contributed by atoms with Crippen molar-refractivity contribution < 1.29 is 14.3 Å². The van der Waals surface area contributed by atoms with Gasteiger partial charge in [-0.2, -0.15) is 0 Å². The molecule has 1 unspecified atom stereocenters. The number of benzene rings is 2. The highest BCUT2D eigenvalue weighted by Gasteiger charge is 2.45. The van der Waals surface area contributed by atoms with Gasteiger partial charge in [0, 0.05) is 86.2 Å². The van der Waals surface area contributed by atoms with E-state index in [9.17, 15) is 9.59 Å². The quantitative estimate of drug-likeness (QED) is 0.350. The summed E-state index contributed by atoms with van der Waals surface area (Å²) in [4.78, 5) is 42.3. The SMILES string of the molecule is Cc1nc(Nc2ccc(C(=O)NC3CC3)cc2)ncc1CN1CCC(N2C(=O)N(C3CCOCC3)CC2c2ccccc2)CC1. The van der Waals surface area contributed by atoms with Crippen molar-refractivity contribution in [1.29, 1.82) is 0 Å². The van der Waals surface area contributed by atoms with E-state index in [-0.39, 0.29) is 30.1 Å². The Hall–Kier alpha value is -4.02. The second-order valence-corrected chi connectivity index (χ2v) is 12.9. The number of aromatic nitrogens is 2. The third-order valence-electron chi connectivity index (χ3n) is 9.73. The molecule has 1 aliphatic carbocycles. The molecule has 2 N–H and O–H groups in total. The van der Waals surface area contributed by atoms with Crippen molar-refractivity contribution in [2.24, 2.45) is 0 Å². The zero-order chi connectivity index (χ0) is 30.8. The Morgan fingerprint density at radius 2 is 1.67 bits per heavy atom. The lowest BCUT2D eigenvalue weighted by atomic mass is 9.98. The second kappa shape index (κ2) is 13.1. The summed E-state index contributed by atoms with van der Waals surface area (Å²) in [6.07, 6.45) is 7.79. The van der Waals surface area contributed by atoms with Crippen molar-refractivity contribution in [1.82, 2.24) is 30.0 Å². The summed E-state index contributed by atoms with van der Waals surface area (Å²) in [6.45, 7) is 6.88. The van der Waals surface area contributed by atoms with Crippen LogP contribution in [0.3, 0.4) is 0 Å². The van der Waals surface area contributed by atoms with Crippen LogP contribution in [0.5, 0.6) is 0 Å². The molecule has 7 rings (SSSR count). The lowest BCUT2D eigenvalue weighted by Gasteiger charge is -2.39. The predicted molar refractivity (Wildman–Crippen MR) is 172 cm³/mol. The molecule has 0 spiro atoms. The van der Waals surface area contributed by atoms with Crippen molar-refractivity contribution in [3.8, 4) is 0 Å². The van der Waals surface area contributed by atoms with Gasteiger partial charge in [-0.3, -0.25) is 9.69 Å². The lowest BCUT2D eigenvalue weighted by Crippen LogP contribution is -2.48. The van der Waals surface area contributed by atoms with E-state index in [0.29, 0.717) is 17.6 Å². The van der Waals surface area contributed by atoms with Gasteiger partial charge in [-0.15, -0.1) is 0 Å². The molecule has 10 nitrogen and oxygen atoms in total. The molecular weight excluding hydrogens is 566 g/mol. The molecule has 1 saturated carbocycles. The van der Waals surface area contributed by atoms with E-state index in [4.69, 9.17) is 9.72 Å². The van der Waals surface area contributed by atoms with Gasteiger partial charge in [-0.1, -0.05) is 30.3 Å². The van der Waals surface area contributed by atoms with Gasteiger partial charge in [0.2, 0.25) is 5.95 Å². The Balaban J connectivity index is 0.956. The monoisotopic (exact) mass is 609 g/mol. The maximum Gasteiger partial charge on any atom is 0.321 e. The zero-order valence-electron chi connectivity index (χ0n) is 26.0. The Bertz CT molecular complexity index is 1480. The Morgan fingerprint density at radius 3 is 2.36 bits per heavy atom. The molecule has 1 atom stereocenters. The number of amides is 3. The van der Waals surface area contributed by atoms with Crippen molar-refractivity contribution in [3.63, 3.8) is 0 Å². The van der Waals surface area contributed by atoms with Gasteiger partial charge in [-0.05, 0) is 75.3 Å². The minimum Gasteiger partial charge on any atom is -0.381 e. The smallest absolute Gasteiger partial charge is 0.321 e. The standard InChI is InChI=1S/C35H43N7O3/c1-24-27(21-36-34(37-24)39-29-9-7-26(8-10-29)33(43)38-28-11-12-28)22-40-17-13-31(14-18-40)42-32(25-5-3-2-4-6-25)23-41(35(42)44)30-15-19-45-20-16-30/h2-10,21,28,30-32H,11-20,22-23H2,1H3,(H,38,43)(H,36,37,39). The van der Waals surface area contributed by atoms with Crippen LogP contribution in [0.1, 0.15) is 71.7 Å². The minimum atomic E-state index is -0.0236. The van der Waals surface area contributed by atoms with Crippen LogP contribution in [0.2, 0.25) is 0 Å². The molecule has 236 valence electrons. The molecule has 4 fully saturated rings. The number of nitrogens with one attached hydrogen (secondary N) is 2. The number of urea groups is 1. The fourth-order valence-electron chi connectivity index (χ4n) is 6.92. The maximum atomic E-state index is 13.9. The first-order valence-electron chi connectivity index (χ1n) is 16.5. The maximum absolute atomic E-state index is 13.9. The third-order valence-corrected chi connectivity index (χ3v) is 9.73. The van der Waals surface area contributed by atoms with Crippen molar-refractivity contribution in [2.45, 2.75) is 76.2 Å². The molecule has 3 aliphatic heterocycles. The number of carbonyl (C=O) groups excluding carboxylic acids is 2. The molecule has 4 heterocycles. The first-order chi connectivity index (χ1) is 22.0. The fourth-order valence-corrected chi connectivity index (χ4v) is 6.92. The van der Waals surface area contributed by atoms with Gasteiger partial charge < -0.3 is 25.2 Å². The second-order valence-electron chi connectivity index (χ2n) is 12.9. The number of nitrogens with zero attached hydrogens (tertiary/aromatic N) is 5. The minimum absolute atomic E-state index is 0.0236. The van der Waals surface area contributed by atoms with E-state index in [0.717, 1.165) is 94.9 Å². The molecule has 4 aliphatic rings. The van der Waals surface area contributed by atoms with Gasteiger partial charge in [-0.25, -0.2) is 14.8 Å². The number of hydrogen-bond donors (Lipinski definition) is 2. The number of anilines is 2. The fraction of sp³-hybridized carbons (Fsp3) is 0.486. The van der Waals surface area contributed by atoms with Crippen molar-refractivity contribution >= 4 is 23.6 Å². The highest BCUT2D eigenvalue weighted by molar-refractivity contribution is 5.95. The first-order valence-corrected chi connectivity index (χ1v) is 16.5. The van der Waals surface area contributed by atoms with Gasteiger partial charge in [0.1, 0.15) is 0 Å². The average Bonchev–Trinajstić information content (AvgIpc) is 3.83. The molecule has 10 heteroatoms. The van der Waals surface area contributed by atoms with Crippen LogP contribution >= 0.6 is 0 Å². The number of carbonyl (C=O) groups is 2. The summed E-state index contributed by atoms with van der Waals surface area (Å²) in [7, 11) is 0. The molecule has 3 saturated heterocycles. The van der Waals surface area contributed by atoms with Crippen LogP contribution in [0.25, 0.3) is 0 Å². The van der Waals surface area contributed by atoms with E-state index < -0.39 is 0 Å². The van der Waals surface area contributed by atoms with E-state index in [2.05, 4.69) is 54.6 Å². The molecule has 0 radical (unpaired) electrons. The zero-order valence-corrected chi connectivity index (χ0v) is 26.0. The lowest BCUT2D eigenvalue weighted by molar-refractivity contribution is 0.0493. The molecule has 0 bridgehead atoms. The topological polar surface area (TPSA) is 103 Å². The van der Waals surface area contributed by atoms with E-state index >= 15 is 0 Å². The number of likely N-dealkylation sites (tertiary alicyclic amines) is 1. The highest BCUT2D eigenvalue weighted by Crippen LogP contribution is 2.37. The van der Waals surface area contributed by atoms with Crippen LogP contribution in [0, 0.1) is 6.92 Å². The molecule has 2 aromatic carbocycles. The van der Waals surface area contributed by atoms with Crippen LogP contribution in [-0.2, 0) is 11.3 Å². The number of piperidine rings is 1. The number of rotatable bonds is 9. The van der Waals surface area contributed by atoms with Crippen molar-refractivity contribution in [3.05, 3.63) is 83.2 Å². The Morgan fingerprint density at radius 1 is 0.933 bits per heavy atom. The van der Waals surface area contributed by atoms with Gasteiger partial charge in [0.15, 0.2) is 0 Å². The number of aryl methyl sites for hydroxylation is 1. The first kappa shape index (κ1) is 29.7. The summed E-state index contributed by atoms with van der Waals surface area (Å²) in [6, 6.07) is 19.1. The third kappa shape index (κ3) is 6.82. The van der Waals surface area contributed by atoms with Crippen LogP contribution < -0.4 is 10.6 Å². The van der Waals surface area contributed by atoms with Crippen LogP contribution in [0.15, 0.2) is 60.8 Å². The number of hydrogen-bond acceptors (Lipinski definition) is 7. The molecule has 45 heavy (non-hydrogen) atoms. The molecule has 3 aromatic rings. The largest absolute Gasteiger partial charge is 0.381 e. The van der Waals surface area contributed by atoms with Gasteiger partial charge >= 0.3 is 6.03 Å². The average molecular weight is 610 g/mol. The Kier molecular flexibility index (Phi) is 8.67.